The zero-order chi connectivity index (χ0) is 11.0. The van der Waals surface area contributed by atoms with Crippen molar-refractivity contribution in [2.24, 2.45) is 0 Å². The first kappa shape index (κ1) is 11.1. The van der Waals surface area contributed by atoms with Gasteiger partial charge in [0.25, 0.3) is 0 Å². The number of hydrogen-bond acceptors (Lipinski definition) is 4. The van der Waals surface area contributed by atoms with E-state index in [2.05, 4.69) is 0 Å². The van der Waals surface area contributed by atoms with Gasteiger partial charge in [0.15, 0.2) is 9.84 Å². The maximum absolute atomic E-state index is 12.5. The number of sulfone groups is 1. The van der Waals surface area contributed by atoms with Gasteiger partial charge in [-0.25, -0.2) is 8.42 Å². The molecule has 78 valence electrons. The average Bonchev–Trinajstić information content (AvgIpc) is 2.01. The molecular weight excluding hydrogens is 231 g/mol. The molecule has 0 N–H and O–H groups in total. The first-order chi connectivity index (χ1) is 6.21. The highest BCUT2D eigenvalue weighted by Crippen LogP contribution is 2.16. The molecule has 7 heteroatoms. The summed E-state index contributed by atoms with van der Waals surface area (Å²) in [5.74, 6) is 0. The Morgan fingerprint density at radius 3 is 2.00 bits per heavy atom. The molecule has 0 fully saturated rings. The van der Waals surface area contributed by atoms with E-state index >= 15 is 0 Å². The molecule has 0 aliphatic carbocycles. The number of halogens is 1. The highest BCUT2D eigenvalue weighted by molar-refractivity contribution is 7.90. The Hall–Kier alpha value is -0.950. The normalized spacial score (nSPS) is 12.7. The Bertz CT molecular complexity index is 498. The van der Waals surface area contributed by atoms with Gasteiger partial charge in [-0.05, 0) is 18.2 Å². The third-order valence-corrected chi connectivity index (χ3v) is 3.44. The molecule has 0 spiro atoms. The summed E-state index contributed by atoms with van der Waals surface area (Å²) >= 11 is 0. The lowest BCUT2D eigenvalue weighted by Crippen LogP contribution is -1.99. The van der Waals surface area contributed by atoms with Gasteiger partial charge in [-0.2, -0.15) is 8.42 Å². The molecule has 1 aromatic carbocycles. The van der Waals surface area contributed by atoms with Crippen molar-refractivity contribution < 1.29 is 20.7 Å². The maximum Gasteiger partial charge on any atom is 0.332 e. The minimum absolute atomic E-state index is 0.226. The van der Waals surface area contributed by atoms with E-state index in [9.17, 15) is 20.7 Å². The van der Waals surface area contributed by atoms with Crippen molar-refractivity contribution in [1.82, 2.24) is 0 Å². The fourth-order valence-electron chi connectivity index (χ4n) is 0.857. The van der Waals surface area contributed by atoms with E-state index in [1.807, 2.05) is 0 Å². The van der Waals surface area contributed by atoms with Crippen molar-refractivity contribution in [3.05, 3.63) is 24.3 Å². The molecule has 0 bridgehead atoms. The van der Waals surface area contributed by atoms with Gasteiger partial charge in [-0.15, -0.1) is 3.89 Å². The van der Waals surface area contributed by atoms with Gasteiger partial charge >= 0.3 is 10.2 Å². The van der Waals surface area contributed by atoms with E-state index in [1.54, 1.807) is 0 Å². The van der Waals surface area contributed by atoms with E-state index in [0.29, 0.717) is 0 Å². The summed E-state index contributed by atoms with van der Waals surface area (Å²) in [6.07, 6.45) is 0.914. The van der Waals surface area contributed by atoms with Crippen LogP contribution >= 0.6 is 0 Å². The van der Waals surface area contributed by atoms with E-state index in [1.165, 1.54) is 12.1 Å². The average molecular weight is 238 g/mol. The topological polar surface area (TPSA) is 68.3 Å². The van der Waals surface area contributed by atoms with Crippen LogP contribution in [0.2, 0.25) is 0 Å². The van der Waals surface area contributed by atoms with Crippen LogP contribution < -0.4 is 0 Å². The van der Waals surface area contributed by atoms with Gasteiger partial charge in [-0.3, -0.25) is 0 Å². The Kier molecular flexibility index (Phi) is 2.64. The lowest BCUT2D eigenvalue weighted by molar-refractivity contribution is 0.552. The summed E-state index contributed by atoms with van der Waals surface area (Å²) in [6, 6.07) is 4.14. The second-order valence-corrected chi connectivity index (χ2v) is 6.05. The predicted molar refractivity (Wildman–Crippen MR) is 47.8 cm³/mol. The second-order valence-electron chi connectivity index (χ2n) is 2.68. The molecule has 0 heterocycles. The highest BCUT2D eigenvalue weighted by atomic mass is 32.3. The first-order valence-corrected chi connectivity index (χ1v) is 6.73. The molecular formula is C7H7FO4S2. The van der Waals surface area contributed by atoms with Crippen molar-refractivity contribution in [3.8, 4) is 0 Å². The molecule has 0 atom stereocenters. The van der Waals surface area contributed by atoms with Crippen LogP contribution in [0.4, 0.5) is 3.89 Å². The fourth-order valence-corrected chi connectivity index (χ4v) is 2.11. The molecule has 0 saturated carbocycles. The van der Waals surface area contributed by atoms with Crippen LogP contribution in [0, 0.1) is 0 Å². The smallest absolute Gasteiger partial charge is 0.224 e. The minimum Gasteiger partial charge on any atom is -0.224 e. The number of hydrogen-bond donors (Lipinski definition) is 0. The van der Waals surface area contributed by atoms with E-state index < -0.39 is 25.0 Å². The van der Waals surface area contributed by atoms with Gasteiger partial charge in [-0.1, -0.05) is 6.07 Å². The van der Waals surface area contributed by atoms with Crippen LogP contribution in [0.25, 0.3) is 0 Å². The molecule has 0 unspecified atom stereocenters. The molecule has 0 aromatic heterocycles. The number of rotatable bonds is 2. The third-order valence-electron chi connectivity index (χ3n) is 1.52. The second kappa shape index (κ2) is 3.32. The molecule has 0 radical (unpaired) electrons. The van der Waals surface area contributed by atoms with Gasteiger partial charge < -0.3 is 0 Å². The van der Waals surface area contributed by atoms with Crippen LogP contribution in [0.15, 0.2) is 34.1 Å². The fraction of sp³-hybridized carbons (Fsp3) is 0.143. The Balaban J connectivity index is 3.44. The van der Waals surface area contributed by atoms with Gasteiger partial charge in [0.2, 0.25) is 0 Å². The standard InChI is InChI=1S/C7H7FO4S2/c1-13(9,10)6-3-2-4-7(5-6)14(8,11)12/h2-5H,1H3. The van der Waals surface area contributed by atoms with Crippen molar-refractivity contribution in [2.75, 3.05) is 6.26 Å². The lowest BCUT2D eigenvalue weighted by atomic mass is 10.4. The summed E-state index contributed by atoms with van der Waals surface area (Å²) in [4.78, 5) is -0.878. The zero-order valence-electron chi connectivity index (χ0n) is 7.14. The van der Waals surface area contributed by atoms with Crippen molar-refractivity contribution in [1.29, 1.82) is 0 Å². The first-order valence-electron chi connectivity index (χ1n) is 3.46. The maximum atomic E-state index is 12.5. The summed E-state index contributed by atoms with van der Waals surface area (Å²) in [5.41, 5.74) is 0. The molecule has 0 aliphatic heterocycles. The van der Waals surface area contributed by atoms with Gasteiger partial charge in [0.1, 0.15) is 0 Å². The summed E-state index contributed by atoms with van der Waals surface area (Å²) in [6.45, 7) is 0. The van der Waals surface area contributed by atoms with Crippen LogP contribution in [-0.4, -0.2) is 23.1 Å². The molecule has 14 heavy (non-hydrogen) atoms. The summed E-state index contributed by atoms with van der Waals surface area (Å²) < 4.78 is 55.4. The van der Waals surface area contributed by atoms with Gasteiger partial charge in [0.05, 0.1) is 9.79 Å². The summed E-state index contributed by atoms with van der Waals surface area (Å²) in [7, 11) is -8.37. The SMILES string of the molecule is CS(=O)(=O)c1cccc(S(=O)(=O)F)c1. The number of benzene rings is 1. The van der Waals surface area contributed by atoms with Crippen molar-refractivity contribution >= 4 is 20.1 Å². The van der Waals surface area contributed by atoms with Crippen LogP contribution in [0.5, 0.6) is 0 Å². The quantitative estimate of drug-likeness (QED) is 0.713. The van der Waals surface area contributed by atoms with Gasteiger partial charge in [0, 0.05) is 6.26 Å². The molecule has 0 amide bonds. The van der Waals surface area contributed by atoms with Crippen LogP contribution in [-0.2, 0) is 20.1 Å². The largest absolute Gasteiger partial charge is 0.332 e. The predicted octanol–water partition coefficient (Wildman–Crippen LogP) is 0.748. The third kappa shape index (κ3) is 2.52. The van der Waals surface area contributed by atoms with Crippen LogP contribution in [0.1, 0.15) is 0 Å². The van der Waals surface area contributed by atoms with Crippen LogP contribution in [0.3, 0.4) is 0 Å². The lowest BCUT2D eigenvalue weighted by Gasteiger charge is -1.99. The van der Waals surface area contributed by atoms with Crippen molar-refractivity contribution in [2.45, 2.75) is 9.79 Å². The summed E-state index contributed by atoms with van der Waals surface area (Å²) in [5, 5.41) is 0. The van der Waals surface area contributed by atoms with E-state index in [-0.39, 0.29) is 4.90 Å². The molecule has 0 saturated heterocycles. The zero-order valence-corrected chi connectivity index (χ0v) is 8.77. The molecule has 1 rings (SSSR count). The van der Waals surface area contributed by atoms with E-state index in [0.717, 1.165) is 18.4 Å². The Morgan fingerprint density at radius 2 is 1.57 bits per heavy atom. The Labute approximate surface area is 81.5 Å². The molecule has 4 nitrogen and oxygen atoms in total. The molecule has 1 aromatic rings. The van der Waals surface area contributed by atoms with E-state index in [4.69, 9.17) is 0 Å². The highest BCUT2D eigenvalue weighted by Gasteiger charge is 2.15. The monoisotopic (exact) mass is 238 g/mol. The Morgan fingerprint density at radius 1 is 1.07 bits per heavy atom. The minimum atomic E-state index is -4.85. The van der Waals surface area contributed by atoms with Crippen molar-refractivity contribution in [3.63, 3.8) is 0 Å². The molecule has 0 aliphatic rings.